The van der Waals surface area contributed by atoms with Crippen LogP contribution in [0, 0.1) is 11.8 Å². The van der Waals surface area contributed by atoms with Gasteiger partial charge in [-0.25, -0.2) is 0 Å². The fourth-order valence-electron chi connectivity index (χ4n) is 3.12. The van der Waals surface area contributed by atoms with Gasteiger partial charge in [-0.1, -0.05) is 31.9 Å². The van der Waals surface area contributed by atoms with Gasteiger partial charge >= 0.3 is 0 Å². The summed E-state index contributed by atoms with van der Waals surface area (Å²) in [7, 11) is 1.72. The van der Waals surface area contributed by atoms with Gasteiger partial charge < -0.3 is 10.1 Å². The Kier molecular flexibility index (Phi) is 5.26. The van der Waals surface area contributed by atoms with Crippen LogP contribution in [0.5, 0.6) is 5.75 Å². The van der Waals surface area contributed by atoms with E-state index >= 15 is 0 Å². The highest BCUT2D eigenvalue weighted by atomic mass is 16.5. The SMILES string of the molecule is COc1cccc([C@H](C)NCC2CCCC(C)C2)c1. The van der Waals surface area contributed by atoms with E-state index < -0.39 is 0 Å². The van der Waals surface area contributed by atoms with Crippen molar-refractivity contribution < 1.29 is 4.74 Å². The smallest absolute Gasteiger partial charge is 0.119 e. The van der Waals surface area contributed by atoms with Crippen LogP contribution in [0.2, 0.25) is 0 Å². The van der Waals surface area contributed by atoms with E-state index in [0.29, 0.717) is 6.04 Å². The molecule has 2 unspecified atom stereocenters. The van der Waals surface area contributed by atoms with Crippen LogP contribution in [0.4, 0.5) is 0 Å². The number of hydrogen-bond acceptors (Lipinski definition) is 2. The molecule has 0 spiro atoms. The second kappa shape index (κ2) is 6.95. The molecule has 0 bridgehead atoms. The average Bonchev–Trinajstić information content (AvgIpc) is 2.45. The summed E-state index contributed by atoms with van der Waals surface area (Å²) in [6.45, 7) is 5.77. The number of hydrogen-bond donors (Lipinski definition) is 1. The maximum atomic E-state index is 5.29. The summed E-state index contributed by atoms with van der Waals surface area (Å²) in [5, 5.41) is 3.68. The van der Waals surface area contributed by atoms with Gasteiger partial charge in [-0.05, 0) is 55.8 Å². The topological polar surface area (TPSA) is 21.3 Å². The van der Waals surface area contributed by atoms with E-state index in [2.05, 4.69) is 37.4 Å². The molecule has 1 saturated carbocycles. The molecule has 1 aliphatic rings. The summed E-state index contributed by atoms with van der Waals surface area (Å²) < 4.78 is 5.29. The van der Waals surface area contributed by atoms with Crippen molar-refractivity contribution in [1.29, 1.82) is 0 Å². The maximum Gasteiger partial charge on any atom is 0.119 e. The van der Waals surface area contributed by atoms with Gasteiger partial charge in [0.05, 0.1) is 7.11 Å². The van der Waals surface area contributed by atoms with E-state index in [-0.39, 0.29) is 0 Å². The van der Waals surface area contributed by atoms with Crippen molar-refractivity contribution in [2.45, 2.75) is 45.6 Å². The van der Waals surface area contributed by atoms with Crippen molar-refractivity contribution in [3.8, 4) is 5.75 Å². The lowest BCUT2D eigenvalue weighted by atomic mass is 9.82. The van der Waals surface area contributed by atoms with Crippen LogP contribution in [-0.4, -0.2) is 13.7 Å². The number of methoxy groups -OCH3 is 1. The molecular weight excluding hydrogens is 234 g/mol. The number of nitrogens with one attached hydrogen (secondary N) is 1. The molecule has 3 atom stereocenters. The van der Waals surface area contributed by atoms with Crippen molar-refractivity contribution in [2.75, 3.05) is 13.7 Å². The summed E-state index contributed by atoms with van der Waals surface area (Å²) in [5.74, 6) is 2.71. The Morgan fingerprint density at radius 2 is 2.21 bits per heavy atom. The number of ether oxygens (including phenoxy) is 1. The second-order valence-corrected chi connectivity index (χ2v) is 6.04. The second-order valence-electron chi connectivity index (χ2n) is 6.04. The van der Waals surface area contributed by atoms with E-state index in [4.69, 9.17) is 4.74 Å². The lowest BCUT2D eigenvalue weighted by Gasteiger charge is -2.28. The van der Waals surface area contributed by atoms with Crippen LogP contribution in [0.1, 0.15) is 51.1 Å². The summed E-state index contributed by atoms with van der Waals surface area (Å²) in [6.07, 6.45) is 5.60. The highest BCUT2D eigenvalue weighted by Crippen LogP contribution is 2.28. The molecule has 1 fully saturated rings. The highest BCUT2D eigenvalue weighted by molar-refractivity contribution is 5.30. The zero-order chi connectivity index (χ0) is 13.7. The minimum atomic E-state index is 0.396. The zero-order valence-electron chi connectivity index (χ0n) is 12.5. The first-order valence-electron chi connectivity index (χ1n) is 7.56. The Morgan fingerprint density at radius 1 is 1.37 bits per heavy atom. The van der Waals surface area contributed by atoms with Gasteiger partial charge in [0.2, 0.25) is 0 Å². The van der Waals surface area contributed by atoms with E-state index in [0.717, 1.165) is 24.1 Å². The quantitative estimate of drug-likeness (QED) is 0.859. The van der Waals surface area contributed by atoms with Crippen molar-refractivity contribution in [2.24, 2.45) is 11.8 Å². The lowest BCUT2D eigenvalue weighted by molar-refractivity contribution is 0.268. The first-order chi connectivity index (χ1) is 9.19. The largest absolute Gasteiger partial charge is 0.497 e. The molecule has 1 aliphatic carbocycles. The fraction of sp³-hybridized carbons (Fsp3) is 0.647. The Balaban J connectivity index is 1.84. The van der Waals surface area contributed by atoms with Gasteiger partial charge in [-0.15, -0.1) is 0 Å². The molecule has 2 rings (SSSR count). The number of benzene rings is 1. The maximum absolute atomic E-state index is 5.29. The van der Waals surface area contributed by atoms with Crippen LogP contribution in [0.3, 0.4) is 0 Å². The molecule has 1 N–H and O–H groups in total. The Bertz CT molecular complexity index is 391. The molecule has 2 heteroatoms. The molecule has 0 aliphatic heterocycles. The van der Waals surface area contributed by atoms with Gasteiger partial charge in [0, 0.05) is 6.04 Å². The minimum Gasteiger partial charge on any atom is -0.497 e. The van der Waals surface area contributed by atoms with Crippen molar-refractivity contribution in [3.63, 3.8) is 0 Å². The van der Waals surface area contributed by atoms with E-state index in [1.165, 1.54) is 31.2 Å². The Hall–Kier alpha value is -1.02. The third-order valence-corrected chi connectivity index (χ3v) is 4.35. The molecule has 0 radical (unpaired) electrons. The van der Waals surface area contributed by atoms with Gasteiger partial charge in [-0.3, -0.25) is 0 Å². The molecule has 0 aromatic heterocycles. The summed E-state index contributed by atoms with van der Waals surface area (Å²) in [4.78, 5) is 0. The van der Waals surface area contributed by atoms with E-state index in [1.54, 1.807) is 7.11 Å². The normalized spacial score (nSPS) is 25.0. The molecule has 106 valence electrons. The van der Waals surface area contributed by atoms with Gasteiger partial charge in [0.25, 0.3) is 0 Å². The van der Waals surface area contributed by atoms with Crippen molar-refractivity contribution in [3.05, 3.63) is 29.8 Å². The third-order valence-electron chi connectivity index (χ3n) is 4.35. The molecule has 1 aromatic rings. The molecule has 19 heavy (non-hydrogen) atoms. The predicted molar refractivity (Wildman–Crippen MR) is 80.5 cm³/mol. The first kappa shape index (κ1) is 14.4. The molecule has 1 aromatic carbocycles. The van der Waals surface area contributed by atoms with Crippen LogP contribution in [0.15, 0.2) is 24.3 Å². The molecule has 0 saturated heterocycles. The molecule has 0 amide bonds. The van der Waals surface area contributed by atoms with Crippen LogP contribution in [0.25, 0.3) is 0 Å². The summed E-state index contributed by atoms with van der Waals surface area (Å²) >= 11 is 0. The number of rotatable bonds is 5. The molecule has 2 nitrogen and oxygen atoms in total. The van der Waals surface area contributed by atoms with Crippen molar-refractivity contribution in [1.82, 2.24) is 5.32 Å². The van der Waals surface area contributed by atoms with Gasteiger partial charge in [0.1, 0.15) is 5.75 Å². The van der Waals surface area contributed by atoms with Crippen LogP contribution < -0.4 is 10.1 Å². The molecular formula is C17H27NO. The monoisotopic (exact) mass is 261 g/mol. The Labute approximate surface area is 117 Å². The van der Waals surface area contributed by atoms with Gasteiger partial charge in [0.15, 0.2) is 0 Å². The summed E-state index contributed by atoms with van der Waals surface area (Å²) in [6, 6.07) is 8.76. The van der Waals surface area contributed by atoms with E-state index in [1.807, 2.05) is 6.07 Å². The highest BCUT2D eigenvalue weighted by Gasteiger charge is 2.19. The first-order valence-corrected chi connectivity index (χ1v) is 7.56. The molecule has 0 heterocycles. The Morgan fingerprint density at radius 3 is 2.95 bits per heavy atom. The zero-order valence-corrected chi connectivity index (χ0v) is 12.5. The third kappa shape index (κ3) is 4.24. The average molecular weight is 261 g/mol. The van der Waals surface area contributed by atoms with Gasteiger partial charge in [-0.2, -0.15) is 0 Å². The lowest BCUT2D eigenvalue weighted by Crippen LogP contribution is -2.28. The van der Waals surface area contributed by atoms with Crippen LogP contribution >= 0.6 is 0 Å². The predicted octanol–water partition coefficient (Wildman–Crippen LogP) is 4.17. The standard InChI is InChI=1S/C17H27NO/c1-13-6-4-7-15(10-13)12-18-14(2)16-8-5-9-17(11-16)19-3/h5,8-9,11,13-15,18H,4,6-7,10,12H2,1-3H3/t13?,14-,15?/m0/s1. The minimum absolute atomic E-state index is 0.396. The summed E-state index contributed by atoms with van der Waals surface area (Å²) in [5.41, 5.74) is 1.31. The van der Waals surface area contributed by atoms with Crippen molar-refractivity contribution >= 4 is 0 Å². The van der Waals surface area contributed by atoms with E-state index in [9.17, 15) is 0 Å². The van der Waals surface area contributed by atoms with Crippen LogP contribution in [-0.2, 0) is 0 Å². The fourth-order valence-corrected chi connectivity index (χ4v) is 3.12.